The number of anilines is 2. The molecule has 8 nitrogen and oxygen atoms in total. The van der Waals surface area contributed by atoms with Crippen molar-refractivity contribution in [2.45, 2.75) is 55.6 Å². The summed E-state index contributed by atoms with van der Waals surface area (Å²) < 4.78 is 62.3. The molecule has 2 fully saturated rings. The Bertz CT molecular complexity index is 1540. The maximum absolute atomic E-state index is 13.6. The van der Waals surface area contributed by atoms with E-state index in [4.69, 9.17) is 0 Å². The van der Waals surface area contributed by atoms with Crippen LogP contribution >= 0.6 is 0 Å². The molecular formula is C27H27F3N4O4S. The number of imide groups is 1. The van der Waals surface area contributed by atoms with Crippen LogP contribution in [0.3, 0.4) is 0 Å². The molecule has 3 heterocycles. The minimum Gasteiger partial charge on any atom is -0.371 e. The molecule has 3 aromatic rings. The zero-order chi connectivity index (χ0) is 28.2. The van der Waals surface area contributed by atoms with E-state index in [1.807, 2.05) is 24.3 Å². The molecule has 1 aromatic heterocycles. The van der Waals surface area contributed by atoms with Crippen molar-refractivity contribution in [1.29, 1.82) is 0 Å². The number of halogens is 3. The molecule has 2 aromatic carbocycles. The lowest BCUT2D eigenvalue weighted by atomic mass is 10.0. The maximum Gasteiger partial charge on any atom is 0.501 e. The summed E-state index contributed by atoms with van der Waals surface area (Å²) >= 11 is 0. The molecule has 0 aliphatic carbocycles. The van der Waals surface area contributed by atoms with Gasteiger partial charge in [-0.25, -0.2) is 18.1 Å². The summed E-state index contributed by atoms with van der Waals surface area (Å²) in [6.45, 7) is 5.12. The minimum absolute atomic E-state index is 0.0182. The summed E-state index contributed by atoms with van der Waals surface area (Å²) in [4.78, 5) is 35.1. The van der Waals surface area contributed by atoms with Crippen LogP contribution in [0.4, 0.5) is 29.3 Å². The van der Waals surface area contributed by atoms with Crippen LogP contribution in [-0.4, -0.2) is 54.4 Å². The Morgan fingerprint density at radius 1 is 0.949 bits per heavy atom. The topological polar surface area (TPSA) is 90.9 Å². The number of benzene rings is 2. The first-order valence-electron chi connectivity index (χ1n) is 12.5. The molecular weight excluding hydrogens is 533 g/mol. The van der Waals surface area contributed by atoms with Gasteiger partial charge in [0.25, 0.3) is 15.7 Å². The van der Waals surface area contributed by atoms with Crippen molar-refractivity contribution in [3.63, 3.8) is 0 Å². The third-order valence-electron chi connectivity index (χ3n) is 7.39. The van der Waals surface area contributed by atoms with Gasteiger partial charge in [0.15, 0.2) is 0 Å². The van der Waals surface area contributed by atoms with Gasteiger partial charge in [-0.05, 0) is 81.1 Å². The van der Waals surface area contributed by atoms with Crippen LogP contribution in [-0.2, 0) is 21.2 Å². The normalized spacial score (nSPS) is 18.3. The fourth-order valence-electron chi connectivity index (χ4n) is 5.19. The first-order valence-corrected chi connectivity index (χ1v) is 14.0. The molecule has 39 heavy (non-hydrogen) atoms. The number of fused-ring (bicyclic) bond motifs is 1. The van der Waals surface area contributed by atoms with Gasteiger partial charge in [0.2, 0.25) is 0 Å². The van der Waals surface area contributed by atoms with Gasteiger partial charge in [0.05, 0.1) is 16.1 Å². The SMILES string of the molecule is CC1(C)C(=O)N(c2ccc(S(=O)(=O)C(F)(F)F)cc2)C(=O)N1Cc1ccnc2cccc(N3CCCCC3)c12. The van der Waals surface area contributed by atoms with Gasteiger partial charge in [0.1, 0.15) is 5.54 Å². The van der Waals surface area contributed by atoms with E-state index < -0.39 is 37.7 Å². The number of sulfone groups is 1. The summed E-state index contributed by atoms with van der Waals surface area (Å²) in [5, 5.41) is 0.901. The first kappa shape index (κ1) is 26.9. The second-order valence-corrected chi connectivity index (χ2v) is 12.1. The molecule has 0 unspecified atom stereocenters. The second kappa shape index (κ2) is 9.51. The zero-order valence-corrected chi connectivity index (χ0v) is 22.2. The average molecular weight is 561 g/mol. The molecule has 3 amide bonds. The smallest absolute Gasteiger partial charge is 0.371 e. The van der Waals surface area contributed by atoms with Crippen molar-refractivity contribution < 1.29 is 31.2 Å². The van der Waals surface area contributed by atoms with Crippen LogP contribution in [0.15, 0.2) is 59.6 Å². The first-order chi connectivity index (χ1) is 18.3. The Hall–Kier alpha value is -3.67. The Labute approximate surface area is 223 Å². The van der Waals surface area contributed by atoms with Crippen molar-refractivity contribution in [1.82, 2.24) is 9.88 Å². The molecule has 0 radical (unpaired) electrons. The van der Waals surface area contributed by atoms with Crippen LogP contribution in [0.25, 0.3) is 10.9 Å². The molecule has 206 valence electrons. The van der Waals surface area contributed by atoms with Crippen molar-refractivity contribution >= 4 is 44.1 Å². The number of aromatic nitrogens is 1. The van der Waals surface area contributed by atoms with E-state index in [-0.39, 0.29) is 12.2 Å². The Balaban J connectivity index is 1.49. The summed E-state index contributed by atoms with van der Waals surface area (Å²) in [5.74, 6) is -0.575. The number of amides is 3. The van der Waals surface area contributed by atoms with Crippen molar-refractivity contribution in [2.24, 2.45) is 0 Å². The molecule has 0 saturated carbocycles. The predicted molar refractivity (Wildman–Crippen MR) is 140 cm³/mol. The Morgan fingerprint density at radius 3 is 2.26 bits per heavy atom. The van der Waals surface area contributed by atoms with E-state index in [0.717, 1.165) is 77.3 Å². The highest BCUT2D eigenvalue weighted by Crippen LogP contribution is 2.38. The monoisotopic (exact) mass is 560 g/mol. The fourth-order valence-corrected chi connectivity index (χ4v) is 5.95. The quantitative estimate of drug-likeness (QED) is 0.395. The Morgan fingerprint density at radius 2 is 1.62 bits per heavy atom. The lowest BCUT2D eigenvalue weighted by molar-refractivity contribution is -0.123. The van der Waals surface area contributed by atoms with Crippen LogP contribution < -0.4 is 9.80 Å². The third kappa shape index (κ3) is 4.50. The molecule has 12 heteroatoms. The predicted octanol–water partition coefficient (Wildman–Crippen LogP) is 5.27. The van der Waals surface area contributed by atoms with Crippen molar-refractivity contribution in [3.8, 4) is 0 Å². The number of rotatable bonds is 5. The molecule has 2 aliphatic heterocycles. The summed E-state index contributed by atoms with van der Waals surface area (Å²) in [6.07, 6.45) is 4.99. The van der Waals surface area contributed by atoms with Gasteiger partial charge < -0.3 is 9.80 Å². The number of hydrogen-bond acceptors (Lipinski definition) is 6. The van der Waals surface area contributed by atoms with Gasteiger partial charge in [-0.15, -0.1) is 0 Å². The van der Waals surface area contributed by atoms with Gasteiger partial charge in [-0.2, -0.15) is 13.2 Å². The lowest BCUT2D eigenvalue weighted by Gasteiger charge is -2.32. The van der Waals surface area contributed by atoms with E-state index in [1.165, 1.54) is 11.3 Å². The fraction of sp³-hybridized carbons (Fsp3) is 0.370. The van der Waals surface area contributed by atoms with Gasteiger partial charge >= 0.3 is 11.5 Å². The van der Waals surface area contributed by atoms with Crippen LogP contribution in [0, 0.1) is 0 Å². The number of urea groups is 1. The standard InChI is InChI=1S/C27H27F3N4O4S/c1-26(2)24(35)34(19-9-11-20(12-10-19)39(37,38)27(28,29)30)25(36)33(26)17-18-13-14-31-21-7-6-8-22(23(18)21)32-15-4-3-5-16-32/h6-14H,3-5,15-17H2,1-2H3. The molecule has 2 aliphatic rings. The number of hydrogen-bond donors (Lipinski definition) is 0. The van der Waals surface area contributed by atoms with E-state index >= 15 is 0 Å². The Kier molecular flexibility index (Phi) is 6.56. The van der Waals surface area contributed by atoms with E-state index in [1.54, 1.807) is 20.0 Å². The minimum atomic E-state index is -5.56. The summed E-state index contributed by atoms with van der Waals surface area (Å²) in [7, 11) is -5.56. The number of pyridine rings is 1. The summed E-state index contributed by atoms with van der Waals surface area (Å²) in [6, 6.07) is 10.6. The third-order valence-corrected chi connectivity index (χ3v) is 8.89. The van der Waals surface area contributed by atoms with Crippen LogP contribution in [0.5, 0.6) is 0 Å². The largest absolute Gasteiger partial charge is 0.501 e. The second-order valence-electron chi connectivity index (χ2n) is 10.2. The van der Waals surface area contributed by atoms with E-state index in [9.17, 15) is 31.2 Å². The van der Waals surface area contributed by atoms with Crippen LogP contribution in [0.2, 0.25) is 0 Å². The van der Waals surface area contributed by atoms with Crippen molar-refractivity contribution in [2.75, 3.05) is 22.9 Å². The number of carbonyl (C=O) groups is 2. The van der Waals surface area contributed by atoms with Crippen LogP contribution in [0.1, 0.15) is 38.7 Å². The summed E-state index contributed by atoms with van der Waals surface area (Å²) in [5.41, 5.74) is -4.16. The highest BCUT2D eigenvalue weighted by molar-refractivity contribution is 7.92. The molecule has 5 rings (SSSR count). The molecule has 0 spiro atoms. The molecule has 0 atom stereocenters. The molecule has 0 bridgehead atoms. The van der Waals surface area contributed by atoms with Gasteiger partial charge in [-0.3, -0.25) is 9.78 Å². The maximum atomic E-state index is 13.6. The number of carbonyl (C=O) groups excluding carboxylic acids is 2. The molecule has 0 N–H and O–H groups in total. The zero-order valence-electron chi connectivity index (χ0n) is 21.4. The number of nitrogens with zero attached hydrogens (tertiary/aromatic N) is 4. The number of alkyl halides is 3. The number of piperidine rings is 1. The highest BCUT2D eigenvalue weighted by atomic mass is 32.2. The highest BCUT2D eigenvalue weighted by Gasteiger charge is 2.52. The van der Waals surface area contributed by atoms with Gasteiger partial charge in [0, 0.05) is 36.9 Å². The lowest BCUT2D eigenvalue weighted by Crippen LogP contribution is -2.43. The van der Waals surface area contributed by atoms with E-state index in [0.29, 0.717) is 0 Å². The van der Waals surface area contributed by atoms with Gasteiger partial charge in [-0.1, -0.05) is 6.07 Å². The van der Waals surface area contributed by atoms with Crippen molar-refractivity contribution in [3.05, 3.63) is 60.3 Å². The van der Waals surface area contributed by atoms with E-state index in [2.05, 4.69) is 9.88 Å². The molecule has 2 saturated heterocycles. The average Bonchev–Trinajstić information content (AvgIpc) is 3.07.